The highest BCUT2D eigenvalue weighted by atomic mass is 19.1. The standard InChI is InChI=1S/C6H8FNO/c1-5(9)8-3-2-6(7)4-8/h2H,3-4H2,1H3. The molecule has 0 atom stereocenters. The Kier molecular flexibility index (Phi) is 1.51. The summed E-state index contributed by atoms with van der Waals surface area (Å²) in [5, 5.41) is 0. The Morgan fingerprint density at radius 2 is 2.56 bits per heavy atom. The SMILES string of the molecule is CC(=O)N1CC=C(F)C1. The van der Waals surface area contributed by atoms with Gasteiger partial charge in [0.25, 0.3) is 0 Å². The van der Waals surface area contributed by atoms with Crippen LogP contribution in [0, 0.1) is 0 Å². The fraction of sp³-hybridized carbons (Fsp3) is 0.500. The number of nitrogens with zero attached hydrogens (tertiary/aromatic N) is 1. The molecule has 0 aromatic carbocycles. The average Bonchev–Trinajstić information content (AvgIpc) is 2.14. The van der Waals surface area contributed by atoms with E-state index in [-0.39, 0.29) is 18.3 Å². The smallest absolute Gasteiger partial charge is 0.220 e. The number of hydrogen-bond donors (Lipinski definition) is 0. The van der Waals surface area contributed by atoms with E-state index >= 15 is 0 Å². The molecule has 9 heavy (non-hydrogen) atoms. The Morgan fingerprint density at radius 1 is 1.89 bits per heavy atom. The lowest BCUT2D eigenvalue weighted by molar-refractivity contribution is -0.127. The summed E-state index contributed by atoms with van der Waals surface area (Å²) in [5.41, 5.74) is 0. The predicted molar refractivity (Wildman–Crippen MR) is 31.4 cm³/mol. The maximum absolute atomic E-state index is 12.2. The zero-order chi connectivity index (χ0) is 6.85. The van der Waals surface area contributed by atoms with Gasteiger partial charge in [-0.15, -0.1) is 0 Å². The van der Waals surface area contributed by atoms with Gasteiger partial charge in [0.15, 0.2) is 0 Å². The minimum absolute atomic E-state index is 0.0705. The van der Waals surface area contributed by atoms with Gasteiger partial charge in [0.1, 0.15) is 5.83 Å². The third-order valence-electron chi connectivity index (χ3n) is 1.32. The quantitative estimate of drug-likeness (QED) is 0.471. The largest absolute Gasteiger partial charge is 0.332 e. The van der Waals surface area contributed by atoms with Crippen LogP contribution < -0.4 is 0 Å². The van der Waals surface area contributed by atoms with Crippen LogP contribution in [-0.2, 0) is 4.79 Å². The molecule has 2 nitrogen and oxygen atoms in total. The van der Waals surface area contributed by atoms with Crippen molar-refractivity contribution in [2.45, 2.75) is 6.92 Å². The number of carbonyl (C=O) groups is 1. The average molecular weight is 129 g/mol. The summed E-state index contributed by atoms with van der Waals surface area (Å²) < 4.78 is 12.2. The maximum atomic E-state index is 12.2. The minimum Gasteiger partial charge on any atom is -0.332 e. The van der Waals surface area contributed by atoms with Crippen LogP contribution in [0.1, 0.15) is 6.92 Å². The molecule has 1 amide bonds. The highest BCUT2D eigenvalue weighted by Crippen LogP contribution is 2.08. The minimum atomic E-state index is -0.204. The molecule has 1 aliphatic heterocycles. The van der Waals surface area contributed by atoms with Gasteiger partial charge in [0.2, 0.25) is 5.91 Å². The molecule has 1 rings (SSSR count). The van der Waals surface area contributed by atoms with Crippen molar-refractivity contribution in [1.29, 1.82) is 0 Å². The van der Waals surface area contributed by atoms with Crippen LogP contribution >= 0.6 is 0 Å². The summed E-state index contributed by atoms with van der Waals surface area (Å²) in [6.45, 7) is 2.03. The second kappa shape index (κ2) is 2.17. The summed E-state index contributed by atoms with van der Waals surface area (Å²) in [4.78, 5) is 12.0. The van der Waals surface area contributed by atoms with Crippen molar-refractivity contribution < 1.29 is 9.18 Å². The highest BCUT2D eigenvalue weighted by Gasteiger charge is 2.14. The van der Waals surface area contributed by atoms with E-state index in [4.69, 9.17) is 0 Å². The van der Waals surface area contributed by atoms with Crippen molar-refractivity contribution in [2.75, 3.05) is 13.1 Å². The van der Waals surface area contributed by atoms with E-state index in [0.717, 1.165) is 0 Å². The van der Waals surface area contributed by atoms with Gasteiger partial charge >= 0.3 is 0 Å². The second-order valence-corrected chi connectivity index (χ2v) is 2.05. The van der Waals surface area contributed by atoms with Gasteiger partial charge < -0.3 is 4.90 Å². The van der Waals surface area contributed by atoms with Crippen molar-refractivity contribution in [2.24, 2.45) is 0 Å². The van der Waals surface area contributed by atoms with Crippen LogP contribution in [0.25, 0.3) is 0 Å². The summed E-state index contributed by atoms with van der Waals surface area (Å²) >= 11 is 0. The molecule has 1 heterocycles. The van der Waals surface area contributed by atoms with E-state index in [9.17, 15) is 9.18 Å². The van der Waals surface area contributed by atoms with Crippen molar-refractivity contribution >= 4 is 5.91 Å². The Bertz CT molecular complexity index is 164. The molecule has 0 saturated heterocycles. The first-order chi connectivity index (χ1) is 4.20. The van der Waals surface area contributed by atoms with Gasteiger partial charge in [-0.2, -0.15) is 0 Å². The Morgan fingerprint density at radius 3 is 2.78 bits per heavy atom. The van der Waals surface area contributed by atoms with Crippen molar-refractivity contribution in [1.82, 2.24) is 4.90 Å². The van der Waals surface area contributed by atoms with Crippen LogP contribution in [0.3, 0.4) is 0 Å². The van der Waals surface area contributed by atoms with Crippen molar-refractivity contribution in [3.63, 3.8) is 0 Å². The number of amides is 1. The first-order valence-electron chi connectivity index (χ1n) is 2.80. The lowest BCUT2D eigenvalue weighted by Gasteiger charge is -2.10. The molecule has 0 spiro atoms. The monoisotopic (exact) mass is 129 g/mol. The maximum Gasteiger partial charge on any atom is 0.220 e. The summed E-state index contributed by atoms with van der Waals surface area (Å²) in [7, 11) is 0. The third kappa shape index (κ3) is 1.28. The first kappa shape index (κ1) is 6.26. The zero-order valence-electron chi connectivity index (χ0n) is 5.22. The van der Waals surface area contributed by atoms with Gasteiger partial charge in [-0.1, -0.05) is 0 Å². The molecule has 50 valence electrons. The van der Waals surface area contributed by atoms with Crippen LogP contribution in [-0.4, -0.2) is 23.9 Å². The van der Waals surface area contributed by atoms with E-state index in [1.54, 1.807) is 0 Å². The molecular weight excluding hydrogens is 121 g/mol. The van der Waals surface area contributed by atoms with Gasteiger partial charge in [0, 0.05) is 13.5 Å². The molecule has 0 aliphatic carbocycles. The van der Waals surface area contributed by atoms with Gasteiger partial charge in [0.05, 0.1) is 6.54 Å². The molecule has 0 fully saturated rings. The summed E-state index contributed by atoms with van der Waals surface area (Å²) in [5.74, 6) is -0.274. The van der Waals surface area contributed by atoms with Crippen molar-refractivity contribution in [3.8, 4) is 0 Å². The number of carbonyl (C=O) groups excluding carboxylic acids is 1. The van der Waals surface area contributed by atoms with Crippen LogP contribution in [0.4, 0.5) is 4.39 Å². The fourth-order valence-electron chi connectivity index (χ4n) is 0.761. The molecule has 0 unspecified atom stereocenters. The Hall–Kier alpha value is -0.860. The lowest BCUT2D eigenvalue weighted by atomic mass is 10.5. The molecule has 3 heteroatoms. The normalized spacial score (nSPS) is 18.0. The molecule has 1 aliphatic rings. The van der Waals surface area contributed by atoms with E-state index in [1.165, 1.54) is 17.9 Å². The molecule has 0 radical (unpaired) electrons. The number of hydrogen-bond acceptors (Lipinski definition) is 1. The fourth-order valence-corrected chi connectivity index (χ4v) is 0.761. The first-order valence-corrected chi connectivity index (χ1v) is 2.80. The summed E-state index contributed by atoms with van der Waals surface area (Å²) in [6, 6.07) is 0. The van der Waals surface area contributed by atoms with E-state index in [2.05, 4.69) is 0 Å². The number of halogens is 1. The van der Waals surface area contributed by atoms with Crippen LogP contribution in [0.5, 0.6) is 0 Å². The van der Waals surface area contributed by atoms with E-state index in [1.807, 2.05) is 0 Å². The van der Waals surface area contributed by atoms with Crippen LogP contribution in [0.15, 0.2) is 11.9 Å². The Balaban J connectivity index is 2.47. The lowest BCUT2D eigenvalue weighted by Crippen LogP contribution is -2.25. The molecule has 0 N–H and O–H groups in total. The number of rotatable bonds is 0. The third-order valence-corrected chi connectivity index (χ3v) is 1.32. The second-order valence-electron chi connectivity index (χ2n) is 2.05. The van der Waals surface area contributed by atoms with Gasteiger partial charge in [-0.25, -0.2) is 4.39 Å². The highest BCUT2D eigenvalue weighted by molar-refractivity contribution is 5.74. The van der Waals surface area contributed by atoms with Crippen LogP contribution in [0.2, 0.25) is 0 Å². The zero-order valence-corrected chi connectivity index (χ0v) is 5.22. The molecule has 0 saturated carbocycles. The van der Waals surface area contributed by atoms with Crippen molar-refractivity contribution in [3.05, 3.63) is 11.9 Å². The molecule has 0 aromatic rings. The Labute approximate surface area is 53.0 Å². The van der Waals surface area contributed by atoms with E-state index in [0.29, 0.717) is 6.54 Å². The molecule has 0 aromatic heterocycles. The van der Waals surface area contributed by atoms with E-state index < -0.39 is 0 Å². The topological polar surface area (TPSA) is 20.3 Å². The van der Waals surface area contributed by atoms with Gasteiger partial charge in [-0.3, -0.25) is 4.79 Å². The molecular formula is C6H8FNO. The summed E-state index contributed by atoms with van der Waals surface area (Å²) in [6.07, 6.45) is 1.42. The molecule has 0 bridgehead atoms. The predicted octanol–water partition coefficient (Wildman–Crippen LogP) is 0.702. The van der Waals surface area contributed by atoms with Gasteiger partial charge in [-0.05, 0) is 6.08 Å².